The Balaban J connectivity index is 2.10. The zero-order chi connectivity index (χ0) is 19.5. The summed E-state index contributed by atoms with van der Waals surface area (Å²) in [7, 11) is 0. The molecule has 1 aromatic rings. The van der Waals surface area contributed by atoms with Gasteiger partial charge in [-0.3, -0.25) is 4.79 Å². The van der Waals surface area contributed by atoms with Crippen molar-refractivity contribution < 1.29 is 23.1 Å². The Labute approximate surface area is 155 Å². The van der Waals surface area contributed by atoms with Gasteiger partial charge in [0, 0.05) is 12.0 Å². The molecule has 6 nitrogen and oxygen atoms in total. The van der Waals surface area contributed by atoms with Gasteiger partial charge >= 0.3 is 6.09 Å². The maximum atomic E-state index is 13.8. The van der Waals surface area contributed by atoms with E-state index < -0.39 is 36.0 Å². The first-order chi connectivity index (χ1) is 12.0. The first kappa shape index (κ1) is 20.4. The molecule has 2 rings (SSSR count). The molecule has 2 heterocycles. The molecule has 0 spiro atoms. The quantitative estimate of drug-likeness (QED) is 0.803. The van der Waals surface area contributed by atoms with Crippen molar-refractivity contribution in [1.82, 2.24) is 15.2 Å². The van der Waals surface area contributed by atoms with E-state index in [-0.39, 0.29) is 30.3 Å². The lowest BCUT2D eigenvalue weighted by Gasteiger charge is -2.39. The lowest BCUT2D eigenvalue weighted by atomic mass is 9.99. The van der Waals surface area contributed by atoms with Crippen LogP contribution >= 0.6 is 11.6 Å². The second-order valence-electron chi connectivity index (χ2n) is 7.30. The number of hydrogen-bond donors (Lipinski definition) is 1. The number of piperidine rings is 1. The third-order valence-electron chi connectivity index (χ3n) is 3.76. The van der Waals surface area contributed by atoms with E-state index >= 15 is 0 Å². The maximum absolute atomic E-state index is 13.8. The van der Waals surface area contributed by atoms with Crippen LogP contribution in [0.2, 0.25) is 5.15 Å². The molecule has 1 N–H and O–H groups in total. The van der Waals surface area contributed by atoms with Crippen LogP contribution in [0.25, 0.3) is 0 Å². The highest BCUT2D eigenvalue weighted by atomic mass is 35.5. The third-order valence-corrected chi connectivity index (χ3v) is 3.98. The van der Waals surface area contributed by atoms with Gasteiger partial charge in [0.25, 0.3) is 11.8 Å². The molecule has 0 aliphatic carbocycles. The molecule has 1 aliphatic rings. The van der Waals surface area contributed by atoms with Gasteiger partial charge in [-0.15, -0.1) is 0 Å². The van der Waals surface area contributed by atoms with E-state index in [0.717, 1.165) is 4.90 Å². The number of carbonyl (C=O) groups is 2. The van der Waals surface area contributed by atoms with Gasteiger partial charge in [-0.25, -0.2) is 18.6 Å². The summed E-state index contributed by atoms with van der Waals surface area (Å²) in [5.41, 5.74) is -0.518. The molecule has 26 heavy (non-hydrogen) atoms. The number of nitrogens with one attached hydrogen (secondary N) is 1. The van der Waals surface area contributed by atoms with Crippen molar-refractivity contribution in [3.63, 3.8) is 0 Å². The van der Waals surface area contributed by atoms with E-state index in [9.17, 15) is 18.4 Å². The Morgan fingerprint density at radius 3 is 2.73 bits per heavy atom. The monoisotopic (exact) mass is 389 g/mol. The Morgan fingerprint density at radius 2 is 2.12 bits per heavy atom. The average Bonchev–Trinajstić information content (AvgIpc) is 2.50. The fraction of sp³-hybridized carbons (Fsp3) is 0.588. The highest BCUT2D eigenvalue weighted by Gasteiger charge is 2.43. The molecule has 0 aromatic carbocycles. The number of alkyl carbamates (subject to hydrolysis) is 1. The molecule has 144 valence electrons. The van der Waals surface area contributed by atoms with Crippen molar-refractivity contribution in [2.45, 2.75) is 51.1 Å². The third kappa shape index (κ3) is 5.79. The van der Waals surface area contributed by atoms with Crippen molar-refractivity contribution in [2.75, 3.05) is 13.2 Å². The van der Waals surface area contributed by atoms with Gasteiger partial charge in [0.15, 0.2) is 0 Å². The van der Waals surface area contributed by atoms with Crippen LogP contribution in [0, 0.1) is 0 Å². The number of nitrogens with zero attached hydrogens (tertiary/aromatic N) is 2. The van der Waals surface area contributed by atoms with E-state index in [0.29, 0.717) is 0 Å². The molecule has 1 atom stereocenters. The molecule has 2 amide bonds. The van der Waals surface area contributed by atoms with Gasteiger partial charge in [0.2, 0.25) is 0 Å². The minimum atomic E-state index is -3.00. The molecule has 0 bridgehead atoms. The predicted octanol–water partition coefficient (Wildman–Crippen LogP) is 3.50. The molecule has 0 radical (unpaired) electrons. The first-order valence-corrected chi connectivity index (χ1v) is 8.61. The molecule has 1 aromatic heterocycles. The molecule has 1 aliphatic heterocycles. The van der Waals surface area contributed by atoms with E-state index in [4.69, 9.17) is 16.3 Å². The number of likely N-dealkylation sites (tertiary alicyclic amines) is 1. The van der Waals surface area contributed by atoms with E-state index in [2.05, 4.69) is 10.3 Å². The van der Waals surface area contributed by atoms with Gasteiger partial charge in [0.1, 0.15) is 17.5 Å². The summed E-state index contributed by atoms with van der Waals surface area (Å²) in [6, 6.07) is 3.76. The average molecular weight is 390 g/mol. The topological polar surface area (TPSA) is 71.5 Å². The second kappa shape index (κ2) is 7.73. The number of ether oxygens (including phenoxy) is 1. The zero-order valence-corrected chi connectivity index (χ0v) is 15.6. The normalized spacial score (nSPS) is 19.8. The Morgan fingerprint density at radius 1 is 1.42 bits per heavy atom. The van der Waals surface area contributed by atoms with Crippen molar-refractivity contribution in [3.05, 3.63) is 29.0 Å². The van der Waals surface area contributed by atoms with Crippen LogP contribution in [0.1, 0.15) is 44.1 Å². The predicted molar refractivity (Wildman–Crippen MR) is 92.5 cm³/mol. The van der Waals surface area contributed by atoms with E-state index in [1.54, 1.807) is 20.8 Å². The van der Waals surface area contributed by atoms with Gasteiger partial charge in [-0.1, -0.05) is 17.7 Å². The highest BCUT2D eigenvalue weighted by molar-refractivity contribution is 6.29. The highest BCUT2D eigenvalue weighted by Crippen LogP contribution is 2.31. The molecule has 1 saturated heterocycles. The van der Waals surface area contributed by atoms with Crippen molar-refractivity contribution >= 4 is 23.6 Å². The molecular weight excluding hydrogens is 368 g/mol. The number of carbonyl (C=O) groups excluding carboxylic acids is 2. The van der Waals surface area contributed by atoms with Crippen LogP contribution in [0.4, 0.5) is 13.6 Å². The first-order valence-electron chi connectivity index (χ1n) is 8.23. The Kier molecular flexibility index (Phi) is 6.05. The van der Waals surface area contributed by atoms with Gasteiger partial charge in [-0.05, 0) is 39.3 Å². The van der Waals surface area contributed by atoms with Crippen LogP contribution in [0.5, 0.6) is 0 Å². The molecular formula is C17H22ClF2N3O3. The maximum Gasteiger partial charge on any atom is 0.407 e. The molecule has 9 heteroatoms. The van der Waals surface area contributed by atoms with Crippen LogP contribution in [0.15, 0.2) is 18.2 Å². The second-order valence-corrected chi connectivity index (χ2v) is 7.69. The van der Waals surface area contributed by atoms with Crippen molar-refractivity contribution in [2.24, 2.45) is 0 Å². The summed E-state index contributed by atoms with van der Waals surface area (Å²) in [6.45, 7) is 4.43. The molecule has 0 saturated carbocycles. The number of hydrogen-bond acceptors (Lipinski definition) is 4. The Hall–Kier alpha value is -1.96. The minimum Gasteiger partial charge on any atom is -0.447 e. The number of amides is 2. The summed E-state index contributed by atoms with van der Waals surface area (Å²) < 4.78 is 32.8. The number of aromatic nitrogens is 1. The summed E-state index contributed by atoms with van der Waals surface area (Å²) in [6.07, 6.45) is -1.03. The minimum absolute atomic E-state index is 0.0160. The fourth-order valence-electron chi connectivity index (χ4n) is 2.59. The van der Waals surface area contributed by atoms with E-state index in [1.165, 1.54) is 18.2 Å². The van der Waals surface area contributed by atoms with Crippen molar-refractivity contribution in [3.8, 4) is 0 Å². The van der Waals surface area contributed by atoms with Gasteiger partial charge in [-0.2, -0.15) is 0 Å². The summed E-state index contributed by atoms with van der Waals surface area (Å²) >= 11 is 5.78. The summed E-state index contributed by atoms with van der Waals surface area (Å²) in [4.78, 5) is 29.3. The van der Waals surface area contributed by atoms with Crippen LogP contribution in [-0.2, 0) is 4.74 Å². The number of alkyl halides is 2. The van der Waals surface area contributed by atoms with Gasteiger partial charge < -0.3 is 15.0 Å². The standard InChI is InChI=1S/C17H22ClF2N3O3/c1-16(2,3)22-15(25)26-9-11-7-8-17(19,20)10-23(11)14(24)12-5-4-6-13(18)21-12/h4-6,11H,7-10H2,1-3H3,(H,22,25). The Bertz CT molecular complexity index is 679. The largest absolute Gasteiger partial charge is 0.447 e. The fourth-order valence-corrected chi connectivity index (χ4v) is 2.75. The molecule has 1 unspecified atom stereocenters. The molecule has 1 fully saturated rings. The van der Waals surface area contributed by atoms with E-state index in [1.807, 2.05) is 0 Å². The number of halogens is 3. The smallest absolute Gasteiger partial charge is 0.407 e. The SMILES string of the molecule is CC(C)(C)NC(=O)OCC1CCC(F)(F)CN1C(=O)c1cccc(Cl)n1. The zero-order valence-electron chi connectivity index (χ0n) is 14.9. The lowest BCUT2D eigenvalue weighted by molar-refractivity contribution is -0.0792. The summed E-state index contributed by atoms with van der Waals surface area (Å²) in [5, 5.41) is 2.71. The number of rotatable bonds is 3. The van der Waals surface area contributed by atoms with Crippen LogP contribution in [-0.4, -0.2) is 52.5 Å². The van der Waals surface area contributed by atoms with Crippen molar-refractivity contribution in [1.29, 1.82) is 0 Å². The number of pyridine rings is 1. The van der Waals surface area contributed by atoms with Gasteiger partial charge in [0.05, 0.1) is 12.6 Å². The summed E-state index contributed by atoms with van der Waals surface area (Å²) in [5.74, 6) is -3.67. The van der Waals surface area contributed by atoms with Crippen LogP contribution < -0.4 is 5.32 Å². The lowest BCUT2D eigenvalue weighted by Crippen LogP contribution is -2.54. The van der Waals surface area contributed by atoms with Crippen LogP contribution in [0.3, 0.4) is 0 Å².